The maximum Gasteiger partial charge on any atom is 0.0139 e. The Morgan fingerprint density at radius 3 is 2.47 bits per heavy atom. The quantitative estimate of drug-likeness (QED) is 0.399. The molecule has 1 saturated carbocycles. The molecule has 0 amide bonds. The van der Waals surface area contributed by atoms with E-state index in [-0.39, 0.29) is 0 Å². The second-order valence-corrected chi connectivity index (χ2v) is 9.10. The van der Waals surface area contributed by atoms with E-state index in [1.165, 1.54) is 38.5 Å². The van der Waals surface area contributed by atoms with Gasteiger partial charge in [0.15, 0.2) is 0 Å². The summed E-state index contributed by atoms with van der Waals surface area (Å²) in [4.78, 5) is 0. The summed E-state index contributed by atoms with van der Waals surface area (Å²) in [6.45, 7) is 7.16. The van der Waals surface area contributed by atoms with Gasteiger partial charge < -0.3 is 0 Å². The highest BCUT2D eigenvalue weighted by molar-refractivity contribution is 14.1. The van der Waals surface area contributed by atoms with E-state index in [0.717, 1.165) is 13.8 Å². The molecule has 1 aliphatic carbocycles. The van der Waals surface area contributed by atoms with Crippen molar-refractivity contribution in [2.45, 2.75) is 67.1 Å². The molecule has 3 atom stereocenters. The average Bonchev–Trinajstić information content (AvgIpc) is 2.20. The van der Waals surface area contributed by atoms with Crippen molar-refractivity contribution < 1.29 is 0 Å². The zero-order valence-corrected chi connectivity index (χ0v) is 14.5. The van der Waals surface area contributed by atoms with Gasteiger partial charge >= 0.3 is 0 Å². The summed E-state index contributed by atoms with van der Waals surface area (Å²) >= 11 is 5.34. The largest absolute Gasteiger partial charge is 0.0826 e. The van der Waals surface area contributed by atoms with Crippen molar-refractivity contribution in [2.75, 3.05) is 0 Å². The Morgan fingerprint density at radius 2 is 1.87 bits per heavy atom. The van der Waals surface area contributed by atoms with Crippen LogP contribution in [-0.4, -0.2) is 7.85 Å². The second kappa shape index (κ2) is 6.41. The minimum Gasteiger partial charge on any atom is -0.0826 e. The molecule has 0 N–H and O–H groups in total. The van der Waals surface area contributed by atoms with Crippen LogP contribution in [0.5, 0.6) is 0 Å². The Balaban J connectivity index is 2.36. The SMILES string of the molecule is CCC(C)(C)CCC1CC(I)CCC1I. The van der Waals surface area contributed by atoms with Gasteiger partial charge in [-0.05, 0) is 43.4 Å². The van der Waals surface area contributed by atoms with Crippen molar-refractivity contribution in [3.8, 4) is 0 Å². The molecule has 15 heavy (non-hydrogen) atoms. The molecule has 0 aliphatic heterocycles. The summed E-state index contributed by atoms with van der Waals surface area (Å²) < 4.78 is 1.89. The Bertz CT molecular complexity index is 189. The molecule has 0 saturated heterocycles. The van der Waals surface area contributed by atoms with Crippen LogP contribution in [0, 0.1) is 11.3 Å². The van der Waals surface area contributed by atoms with Crippen LogP contribution >= 0.6 is 45.2 Å². The van der Waals surface area contributed by atoms with Crippen molar-refractivity contribution in [1.29, 1.82) is 0 Å². The van der Waals surface area contributed by atoms with Crippen molar-refractivity contribution >= 4 is 45.2 Å². The predicted molar refractivity (Wildman–Crippen MR) is 86.3 cm³/mol. The fourth-order valence-electron chi connectivity index (χ4n) is 2.22. The van der Waals surface area contributed by atoms with Gasteiger partial charge in [-0.15, -0.1) is 0 Å². The Kier molecular flexibility index (Phi) is 6.20. The molecule has 1 rings (SSSR count). The van der Waals surface area contributed by atoms with Crippen LogP contribution in [0.15, 0.2) is 0 Å². The Hall–Kier alpha value is 1.46. The molecule has 0 aromatic heterocycles. The van der Waals surface area contributed by atoms with E-state index < -0.39 is 0 Å². The first-order valence-corrected chi connectivity index (χ1v) is 8.72. The fraction of sp³-hybridized carbons (Fsp3) is 1.00. The number of halogens is 2. The molecule has 3 unspecified atom stereocenters. The predicted octanol–water partition coefficient (Wildman–Crippen LogP) is 5.61. The molecule has 0 heterocycles. The van der Waals surface area contributed by atoms with Gasteiger partial charge in [-0.1, -0.05) is 72.4 Å². The molecule has 0 bridgehead atoms. The lowest BCUT2D eigenvalue weighted by Gasteiger charge is -2.33. The summed E-state index contributed by atoms with van der Waals surface area (Å²) in [6.07, 6.45) is 8.55. The van der Waals surface area contributed by atoms with Gasteiger partial charge in [0.05, 0.1) is 0 Å². The lowest BCUT2D eigenvalue weighted by molar-refractivity contribution is 0.263. The third kappa shape index (κ3) is 5.09. The monoisotopic (exact) mass is 434 g/mol. The third-order valence-electron chi connectivity index (χ3n) is 3.97. The zero-order valence-electron chi connectivity index (χ0n) is 10.2. The van der Waals surface area contributed by atoms with Gasteiger partial charge in [0.2, 0.25) is 0 Å². The smallest absolute Gasteiger partial charge is 0.0139 e. The van der Waals surface area contributed by atoms with Crippen molar-refractivity contribution in [3.05, 3.63) is 0 Å². The molecular weight excluding hydrogens is 410 g/mol. The van der Waals surface area contributed by atoms with Gasteiger partial charge in [-0.2, -0.15) is 0 Å². The summed E-state index contributed by atoms with van der Waals surface area (Å²) in [5.41, 5.74) is 0.564. The van der Waals surface area contributed by atoms with Crippen LogP contribution in [0.3, 0.4) is 0 Å². The zero-order chi connectivity index (χ0) is 11.5. The van der Waals surface area contributed by atoms with Gasteiger partial charge in [0.1, 0.15) is 0 Å². The van der Waals surface area contributed by atoms with E-state index in [9.17, 15) is 0 Å². The van der Waals surface area contributed by atoms with Crippen LogP contribution in [0.25, 0.3) is 0 Å². The van der Waals surface area contributed by atoms with E-state index in [1.54, 1.807) is 0 Å². The highest BCUT2D eigenvalue weighted by Gasteiger charge is 2.28. The number of hydrogen-bond donors (Lipinski definition) is 0. The summed E-state index contributed by atoms with van der Waals surface area (Å²) in [7, 11) is 0. The molecule has 0 spiro atoms. The maximum atomic E-state index is 2.69. The number of alkyl halides is 2. The molecule has 1 aliphatic rings. The van der Waals surface area contributed by atoms with E-state index in [1.807, 2.05) is 0 Å². The van der Waals surface area contributed by atoms with E-state index >= 15 is 0 Å². The van der Waals surface area contributed by atoms with Gasteiger partial charge in [0, 0.05) is 7.85 Å². The second-order valence-electron chi connectivity index (χ2n) is 5.74. The molecular formula is C13H24I2. The molecule has 1 fully saturated rings. The lowest BCUT2D eigenvalue weighted by Crippen LogP contribution is -2.26. The fourth-order valence-corrected chi connectivity index (χ4v) is 4.25. The normalized spacial score (nSPS) is 33.0. The number of hydrogen-bond acceptors (Lipinski definition) is 0. The van der Waals surface area contributed by atoms with Crippen molar-refractivity contribution in [3.63, 3.8) is 0 Å². The van der Waals surface area contributed by atoms with Crippen LogP contribution in [0.2, 0.25) is 0 Å². The van der Waals surface area contributed by atoms with Crippen LogP contribution < -0.4 is 0 Å². The summed E-state index contributed by atoms with van der Waals surface area (Å²) in [5, 5.41) is 0. The number of rotatable bonds is 4. The first-order chi connectivity index (χ1) is 6.94. The van der Waals surface area contributed by atoms with Gasteiger partial charge in [-0.3, -0.25) is 0 Å². The van der Waals surface area contributed by atoms with E-state index in [4.69, 9.17) is 0 Å². The first kappa shape index (κ1) is 14.5. The third-order valence-corrected chi connectivity index (χ3v) is 6.75. The first-order valence-electron chi connectivity index (χ1n) is 6.23. The minimum absolute atomic E-state index is 0.564. The minimum atomic E-state index is 0.564. The van der Waals surface area contributed by atoms with E-state index in [2.05, 4.69) is 66.0 Å². The van der Waals surface area contributed by atoms with Crippen molar-refractivity contribution in [1.82, 2.24) is 0 Å². The van der Waals surface area contributed by atoms with Crippen molar-refractivity contribution in [2.24, 2.45) is 11.3 Å². The molecule has 90 valence electrons. The van der Waals surface area contributed by atoms with Gasteiger partial charge in [-0.25, -0.2) is 0 Å². The summed E-state index contributed by atoms with van der Waals surface area (Å²) in [5.74, 6) is 0.993. The molecule has 2 heteroatoms. The van der Waals surface area contributed by atoms with Gasteiger partial charge in [0.25, 0.3) is 0 Å². The van der Waals surface area contributed by atoms with Crippen LogP contribution in [0.4, 0.5) is 0 Å². The Labute approximate surface area is 123 Å². The molecule has 0 radical (unpaired) electrons. The van der Waals surface area contributed by atoms with E-state index in [0.29, 0.717) is 5.41 Å². The molecule has 0 aromatic rings. The maximum absolute atomic E-state index is 2.69. The summed E-state index contributed by atoms with van der Waals surface area (Å²) in [6, 6.07) is 0. The van der Waals surface area contributed by atoms with Crippen LogP contribution in [0.1, 0.15) is 59.3 Å². The standard InChI is InChI=1S/C13H24I2/c1-4-13(2,3)8-7-10-9-11(14)5-6-12(10)15/h10-12H,4-9H2,1-3H3. The topological polar surface area (TPSA) is 0 Å². The lowest BCUT2D eigenvalue weighted by atomic mass is 9.78. The Morgan fingerprint density at radius 1 is 1.20 bits per heavy atom. The highest BCUT2D eigenvalue weighted by Crippen LogP contribution is 2.39. The van der Waals surface area contributed by atoms with Crippen LogP contribution in [-0.2, 0) is 0 Å². The highest BCUT2D eigenvalue weighted by atomic mass is 127. The molecule has 0 nitrogen and oxygen atoms in total. The molecule has 0 aromatic carbocycles. The average molecular weight is 434 g/mol.